The zero-order valence-corrected chi connectivity index (χ0v) is 8.88. The van der Waals surface area contributed by atoms with Crippen molar-refractivity contribution in [2.75, 3.05) is 13.1 Å². The molecular weight excluding hydrogens is 265 g/mol. The molecule has 0 saturated carbocycles. The first-order chi connectivity index (χ1) is 2.81. The summed E-state index contributed by atoms with van der Waals surface area (Å²) < 4.78 is 1.94. The Labute approximate surface area is 87.4 Å². The smallest absolute Gasteiger partial charge is 0.00584 e. The van der Waals surface area contributed by atoms with Gasteiger partial charge in [0.1, 0.15) is 0 Å². The maximum absolute atomic E-state index is 4.06. The molecule has 1 nitrogen and oxygen atoms in total. The number of rotatable bonds is 2. The highest BCUT2D eigenvalue weighted by atomic mass is 32.1. The first kappa shape index (κ1) is 125. The number of thiol groups is 1. The quantitative estimate of drug-likeness (QED) is 0.603. The van der Waals surface area contributed by atoms with E-state index in [0.717, 1.165) is 13.1 Å². The van der Waals surface area contributed by atoms with E-state index in [1.54, 1.807) is 0 Å². The lowest BCUT2D eigenvalue weighted by molar-refractivity contribution is 0.532. The minimum atomic E-state index is 0. The fraction of sp³-hybridized carbons (Fsp3) is 1.00. The van der Waals surface area contributed by atoms with Crippen molar-refractivity contribution in [1.29, 1.82) is 0 Å². The molecule has 0 N–H and O–H groups in total. The molecule has 0 fully saturated rings. The van der Waals surface area contributed by atoms with Crippen molar-refractivity contribution in [3.05, 3.63) is 0 Å². The predicted octanol–water partition coefficient (Wildman–Crippen LogP) is 2.55. The zero-order chi connectivity index (χ0) is 4.99. The fourth-order valence-corrected chi connectivity index (χ4v) is 0.224. The van der Waals surface area contributed by atoms with Crippen LogP contribution in [0.25, 0.3) is 0 Å². The molecule has 0 radical (unpaired) electrons. The van der Waals surface area contributed by atoms with Crippen LogP contribution in [0.5, 0.6) is 0 Å². The normalized spacial score (nSPS) is 4.00. The maximum Gasteiger partial charge on any atom is 0.00584 e. The van der Waals surface area contributed by atoms with E-state index >= 15 is 0 Å². The molecule has 0 spiro atoms. The third-order valence-electron chi connectivity index (χ3n) is 0.730. The molecule has 0 bridgehead atoms. The van der Waals surface area contributed by atoms with Crippen molar-refractivity contribution in [2.24, 2.45) is 0 Å². The minimum absolute atomic E-state index is 0. The molecule has 0 heterocycles. The van der Waals surface area contributed by atoms with Gasteiger partial charge in [0.05, 0.1) is 0 Å². The topological polar surface area (TPSA) is 3.24 Å². The lowest BCUT2D eigenvalue weighted by Crippen LogP contribution is -2.08. The zero-order valence-electron chi connectivity index (χ0n) is 7.98. The molecule has 11 heteroatoms. The minimum Gasteiger partial charge on any atom is -0.269 e. The van der Waals surface area contributed by atoms with Gasteiger partial charge in [-0.05, 0) is 0 Å². The molecule has 0 amide bonds. The maximum atomic E-state index is 4.06. The highest BCUT2D eigenvalue weighted by molar-refractivity contribution is 7.77. The molecule has 0 rings (SSSR count). The SMILES string of the molecule is CCN(S)CC.F.F.F.F.F.F.F.F.F. The van der Waals surface area contributed by atoms with Gasteiger partial charge < -0.3 is 0 Å². The van der Waals surface area contributed by atoms with Gasteiger partial charge in [-0.1, -0.05) is 26.7 Å². The highest BCUT2D eigenvalue weighted by Crippen LogP contribution is 1.86. The highest BCUT2D eigenvalue weighted by Gasteiger charge is 1.83. The van der Waals surface area contributed by atoms with E-state index in [1.807, 2.05) is 4.31 Å². The summed E-state index contributed by atoms with van der Waals surface area (Å²) in [5.41, 5.74) is 0. The second kappa shape index (κ2) is 100. The van der Waals surface area contributed by atoms with Crippen LogP contribution in [-0.4, -0.2) is 17.4 Å². The largest absolute Gasteiger partial charge is 0.269 e. The van der Waals surface area contributed by atoms with Crippen LogP contribution >= 0.6 is 12.8 Å². The second-order valence-corrected chi connectivity index (χ2v) is 1.70. The monoisotopic (exact) mass is 285 g/mol. The van der Waals surface area contributed by atoms with Crippen molar-refractivity contribution in [2.45, 2.75) is 13.8 Å². The Morgan fingerprint density at radius 1 is 0.600 bits per heavy atom. The summed E-state index contributed by atoms with van der Waals surface area (Å²) in [6, 6.07) is 0. The molecule has 0 atom stereocenters. The van der Waals surface area contributed by atoms with Crippen LogP contribution in [0.1, 0.15) is 13.8 Å². The Hall–Kier alpha value is -0.320. The standard InChI is InChI=1S/C4H11NS.9FH/c1-3-5(6)4-2;;;;;;;;;/h6H,3-4H2,1-2H3;9*1H. The summed E-state index contributed by atoms with van der Waals surface area (Å²) in [5.74, 6) is 0. The summed E-state index contributed by atoms with van der Waals surface area (Å²) in [6.07, 6.45) is 0. The van der Waals surface area contributed by atoms with Gasteiger partial charge in [-0.25, -0.2) is 0 Å². The third-order valence-corrected chi connectivity index (χ3v) is 1.30. The average Bonchev–Trinajstić information content (AvgIpc) is 1.65. The lowest BCUT2D eigenvalue weighted by atomic mass is 10.7. The van der Waals surface area contributed by atoms with Crippen LogP contribution in [0.2, 0.25) is 0 Å². The summed E-state index contributed by atoms with van der Waals surface area (Å²) in [7, 11) is 0. The second-order valence-electron chi connectivity index (χ2n) is 1.14. The van der Waals surface area contributed by atoms with E-state index in [-0.39, 0.29) is 42.3 Å². The van der Waals surface area contributed by atoms with Crippen molar-refractivity contribution >= 4 is 12.8 Å². The van der Waals surface area contributed by atoms with Crippen molar-refractivity contribution in [3.8, 4) is 0 Å². The van der Waals surface area contributed by atoms with E-state index in [2.05, 4.69) is 26.7 Å². The fourth-order valence-electron chi connectivity index (χ4n) is 0.224. The van der Waals surface area contributed by atoms with Gasteiger partial charge in [-0.3, -0.25) is 46.6 Å². The molecule has 0 aromatic rings. The van der Waals surface area contributed by atoms with Gasteiger partial charge in [0, 0.05) is 13.1 Å². The lowest BCUT2D eigenvalue weighted by Gasteiger charge is -2.05. The average molecular weight is 285 g/mol. The molecular formula is C4H20F9NS. The van der Waals surface area contributed by atoms with Gasteiger partial charge >= 0.3 is 0 Å². The molecule has 0 aromatic heterocycles. The summed E-state index contributed by atoms with van der Waals surface area (Å²) in [5, 5.41) is 0. The van der Waals surface area contributed by atoms with E-state index < -0.39 is 0 Å². The van der Waals surface area contributed by atoms with E-state index in [9.17, 15) is 0 Å². The molecule has 15 heavy (non-hydrogen) atoms. The van der Waals surface area contributed by atoms with Crippen molar-refractivity contribution in [1.82, 2.24) is 4.31 Å². The van der Waals surface area contributed by atoms with Gasteiger partial charge in [0.2, 0.25) is 0 Å². The van der Waals surface area contributed by atoms with E-state index in [4.69, 9.17) is 0 Å². The molecule has 0 aliphatic rings. The molecule has 0 unspecified atom stereocenters. The number of hydrogen-bond acceptors (Lipinski definition) is 2. The van der Waals surface area contributed by atoms with Gasteiger partial charge in [-0.2, -0.15) is 0 Å². The first-order valence-corrected chi connectivity index (χ1v) is 2.65. The molecule has 110 valence electrons. The van der Waals surface area contributed by atoms with E-state index in [0.29, 0.717) is 0 Å². The van der Waals surface area contributed by atoms with Crippen LogP contribution < -0.4 is 0 Å². The Morgan fingerprint density at radius 2 is 0.733 bits per heavy atom. The number of hydrogen-bond donors (Lipinski definition) is 1. The van der Waals surface area contributed by atoms with E-state index in [1.165, 1.54) is 0 Å². The van der Waals surface area contributed by atoms with Crippen LogP contribution in [0.4, 0.5) is 42.3 Å². The molecule has 0 aliphatic heterocycles. The van der Waals surface area contributed by atoms with Crippen LogP contribution in [0, 0.1) is 0 Å². The Kier molecular flexibility index (Phi) is 840. The third kappa shape index (κ3) is 138. The number of halogens is 9. The first-order valence-electron chi connectivity index (χ1n) is 2.25. The van der Waals surface area contributed by atoms with Gasteiger partial charge in [-0.15, -0.1) is 0 Å². The van der Waals surface area contributed by atoms with Crippen LogP contribution in [0.15, 0.2) is 0 Å². The van der Waals surface area contributed by atoms with Crippen LogP contribution in [-0.2, 0) is 0 Å². The van der Waals surface area contributed by atoms with Gasteiger partial charge in [0.15, 0.2) is 0 Å². The van der Waals surface area contributed by atoms with Crippen molar-refractivity contribution in [3.63, 3.8) is 0 Å². The Morgan fingerprint density at radius 3 is 0.733 bits per heavy atom. The van der Waals surface area contributed by atoms with Crippen LogP contribution in [0.3, 0.4) is 0 Å². The predicted molar refractivity (Wildman–Crippen MR) is 54.4 cm³/mol. The molecule has 0 aromatic carbocycles. The number of nitrogens with zero attached hydrogens (tertiary/aromatic N) is 1. The Balaban J connectivity index is -0.00000000347. The summed E-state index contributed by atoms with van der Waals surface area (Å²) in [6.45, 7) is 6.21. The molecule has 0 aliphatic carbocycles. The Bertz CT molecular complexity index is 41.3. The van der Waals surface area contributed by atoms with Gasteiger partial charge in [0.25, 0.3) is 0 Å². The summed E-state index contributed by atoms with van der Waals surface area (Å²) in [4.78, 5) is 0. The molecule has 0 saturated heterocycles. The summed E-state index contributed by atoms with van der Waals surface area (Å²) >= 11 is 4.06. The van der Waals surface area contributed by atoms with Crippen molar-refractivity contribution < 1.29 is 42.3 Å².